The van der Waals surface area contributed by atoms with Crippen LogP contribution in [-0.2, 0) is 19.1 Å². The summed E-state index contributed by atoms with van der Waals surface area (Å²) in [6.45, 7) is 3.12. The maximum absolute atomic E-state index is 13.0. The lowest BCUT2D eigenvalue weighted by Gasteiger charge is -2.35. The van der Waals surface area contributed by atoms with Crippen molar-refractivity contribution < 1.29 is 29.0 Å². The van der Waals surface area contributed by atoms with E-state index in [4.69, 9.17) is 14.6 Å². The summed E-state index contributed by atoms with van der Waals surface area (Å²) < 4.78 is 11.0. The predicted octanol–water partition coefficient (Wildman–Crippen LogP) is 3.79. The van der Waals surface area contributed by atoms with E-state index >= 15 is 0 Å². The van der Waals surface area contributed by atoms with Crippen LogP contribution < -0.4 is 5.32 Å². The Balaban J connectivity index is 1.36. The number of aliphatic carboxylic acids is 1. The number of hydrogen-bond donors (Lipinski definition) is 2. The van der Waals surface area contributed by atoms with Crippen molar-refractivity contribution in [2.75, 3.05) is 26.4 Å². The van der Waals surface area contributed by atoms with E-state index in [9.17, 15) is 14.4 Å². The van der Waals surface area contributed by atoms with E-state index in [1.54, 1.807) is 4.90 Å². The third-order valence-corrected chi connectivity index (χ3v) is 6.68. The SMILES string of the molecule is CCC[C@H](CC(=O)N1CCOCC1CC(=O)O)NC(=O)OCC1c2ccccc2-c2ccccc21. The highest BCUT2D eigenvalue weighted by Gasteiger charge is 2.32. The number of carbonyl (C=O) groups is 3. The maximum Gasteiger partial charge on any atom is 0.407 e. The molecular weight excluding hydrogens is 448 g/mol. The second-order valence-electron chi connectivity index (χ2n) is 9.07. The van der Waals surface area contributed by atoms with Crippen molar-refractivity contribution in [2.45, 2.75) is 50.6 Å². The van der Waals surface area contributed by atoms with Crippen LogP contribution in [0.1, 0.15) is 49.7 Å². The van der Waals surface area contributed by atoms with Gasteiger partial charge in [0, 0.05) is 24.9 Å². The Morgan fingerprint density at radius 1 is 1.11 bits per heavy atom. The molecule has 186 valence electrons. The van der Waals surface area contributed by atoms with Crippen LogP contribution in [0.2, 0.25) is 0 Å². The molecule has 2 atom stereocenters. The molecule has 4 rings (SSSR count). The first-order valence-corrected chi connectivity index (χ1v) is 12.2. The molecule has 0 bridgehead atoms. The second kappa shape index (κ2) is 11.4. The molecule has 0 radical (unpaired) electrons. The summed E-state index contributed by atoms with van der Waals surface area (Å²) in [4.78, 5) is 38.4. The molecule has 1 heterocycles. The summed E-state index contributed by atoms with van der Waals surface area (Å²) >= 11 is 0. The van der Waals surface area contributed by atoms with Gasteiger partial charge in [0.15, 0.2) is 0 Å². The van der Waals surface area contributed by atoms with E-state index in [1.165, 1.54) is 0 Å². The van der Waals surface area contributed by atoms with Crippen LogP contribution >= 0.6 is 0 Å². The van der Waals surface area contributed by atoms with Crippen molar-refractivity contribution in [1.29, 1.82) is 0 Å². The van der Waals surface area contributed by atoms with Gasteiger partial charge in [0.1, 0.15) is 6.61 Å². The van der Waals surface area contributed by atoms with Crippen molar-refractivity contribution in [1.82, 2.24) is 10.2 Å². The quantitative estimate of drug-likeness (QED) is 0.566. The third kappa shape index (κ3) is 5.82. The number of nitrogens with one attached hydrogen (secondary N) is 1. The summed E-state index contributed by atoms with van der Waals surface area (Å²) in [6.07, 6.45) is 0.771. The first kappa shape index (κ1) is 24.7. The van der Waals surface area contributed by atoms with Gasteiger partial charge in [-0.2, -0.15) is 0 Å². The summed E-state index contributed by atoms with van der Waals surface area (Å²) in [5.74, 6) is -1.19. The fraction of sp³-hybridized carbons (Fsp3) is 0.444. The lowest BCUT2D eigenvalue weighted by molar-refractivity contribution is -0.146. The highest BCUT2D eigenvalue weighted by molar-refractivity contribution is 5.80. The van der Waals surface area contributed by atoms with Gasteiger partial charge in [-0.3, -0.25) is 9.59 Å². The number of hydrogen-bond acceptors (Lipinski definition) is 5. The Bertz CT molecular complexity index is 1030. The van der Waals surface area contributed by atoms with Crippen molar-refractivity contribution in [3.05, 3.63) is 59.7 Å². The molecule has 0 aromatic heterocycles. The molecule has 2 aromatic rings. The molecule has 1 saturated heterocycles. The minimum Gasteiger partial charge on any atom is -0.481 e. The van der Waals surface area contributed by atoms with Crippen LogP contribution in [0.15, 0.2) is 48.5 Å². The molecule has 2 amide bonds. The van der Waals surface area contributed by atoms with Gasteiger partial charge in [-0.25, -0.2) is 4.79 Å². The van der Waals surface area contributed by atoms with E-state index < -0.39 is 24.1 Å². The minimum atomic E-state index is -0.972. The molecule has 8 nitrogen and oxygen atoms in total. The van der Waals surface area contributed by atoms with Gasteiger partial charge in [0.05, 0.1) is 25.7 Å². The van der Waals surface area contributed by atoms with Crippen molar-refractivity contribution in [3.8, 4) is 11.1 Å². The molecule has 2 N–H and O–H groups in total. The Kier molecular flexibility index (Phi) is 8.02. The van der Waals surface area contributed by atoms with Gasteiger partial charge in [-0.05, 0) is 28.7 Å². The van der Waals surface area contributed by atoms with E-state index in [-0.39, 0.29) is 37.9 Å². The minimum absolute atomic E-state index is 0.0375. The van der Waals surface area contributed by atoms with Crippen molar-refractivity contribution >= 4 is 18.0 Å². The van der Waals surface area contributed by atoms with Crippen molar-refractivity contribution in [2.24, 2.45) is 0 Å². The predicted molar refractivity (Wildman–Crippen MR) is 130 cm³/mol. The molecular formula is C27H32N2O6. The Labute approximate surface area is 205 Å². The van der Waals surface area contributed by atoms with Gasteiger partial charge in [0.2, 0.25) is 5.91 Å². The highest BCUT2D eigenvalue weighted by Crippen LogP contribution is 2.44. The zero-order valence-electron chi connectivity index (χ0n) is 19.9. The van der Waals surface area contributed by atoms with E-state index in [0.29, 0.717) is 19.6 Å². The van der Waals surface area contributed by atoms with E-state index in [1.807, 2.05) is 31.2 Å². The molecule has 0 saturated carbocycles. The zero-order chi connectivity index (χ0) is 24.8. The number of benzene rings is 2. The highest BCUT2D eigenvalue weighted by atomic mass is 16.5. The van der Waals surface area contributed by atoms with Crippen LogP contribution in [-0.4, -0.2) is 66.4 Å². The first-order valence-electron chi connectivity index (χ1n) is 12.2. The third-order valence-electron chi connectivity index (χ3n) is 6.68. The average Bonchev–Trinajstić information content (AvgIpc) is 3.16. The summed E-state index contributed by atoms with van der Waals surface area (Å²) in [5.41, 5.74) is 4.60. The lowest BCUT2D eigenvalue weighted by Crippen LogP contribution is -2.51. The van der Waals surface area contributed by atoms with Crippen LogP contribution in [0, 0.1) is 0 Å². The van der Waals surface area contributed by atoms with E-state index in [0.717, 1.165) is 28.7 Å². The monoisotopic (exact) mass is 480 g/mol. The standard InChI is InChI=1S/C27H32N2O6/c1-2-7-18(14-25(30)29-12-13-34-16-19(29)15-26(31)32)28-27(33)35-17-24-22-10-5-3-8-20(22)21-9-4-6-11-23(21)24/h3-6,8-11,18-19,24H,2,7,12-17H2,1H3,(H,28,33)(H,31,32)/t18-,19?/m1/s1. The number of rotatable bonds is 9. The molecule has 2 aromatic carbocycles. The number of amides is 2. The number of carboxylic acid groups (broad SMARTS) is 1. The number of morpholine rings is 1. The van der Waals surface area contributed by atoms with Gasteiger partial charge < -0.3 is 24.8 Å². The number of carboxylic acids is 1. The molecule has 1 fully saturated rings. The van der Waals surface area contributed by atoms with Crippen molar-refractivity contribution in [3.63, 3.8) is 0 Å². The molecule has 1 unspecified atom stereocenters. The number of carbonyl (C=O) groups excluding carboxylic acids is 2. The van der Waals surface area contributed by atoms with Gasteiger partial charge in [-0.1, -0.05) is 61.9 Å². The lowest BCUT2D eigenvalue weighted by atomic mass is 9.98. The fourth-order valence-electron chi connectivity index (χ4n) is 5.06. The number of ether oxygens (including phenoxy) is 2. The Morgan fingerprint density at radius 3 is 2.40 bits per heavy atom. The first-order chi connectivity index (χ1) is 17.0. The smallest absolute Gasteiger partial charge is 0.407 e. The Morgan fingerprint density at radius 2 is 1.77 bits per heavy atom. The maximum atomic E-state index is 13.0. The zero-order valence-corrected chi connectivity index (χ0v) is 19.9. The molecule has 0 spiro atoms. The molecule has 1 aliphatic heterocycles. The normalized spacial score (nSPS) is 17.9. The number of nitrogens with zero attached hydrogens (tertiary/aromatic N) is 1. The molecule has 2 aliphatic rings. The van der Waals surface area contributed by atoms with Crippen LogP contribution in [0.25, 0.3) is 11.1 Å². The molecule has 35 heavy (non-hydrogen) atoms. The summed E-state index contributed by atoms with van der Waals surface area (Å²) in [5, 5.41) is 12.0. The summed E-state index contributed by atoms with van der Waals surface area (Å²) in [6, 6.07) is 15.4. The van der Waals surface area contributed by atoms with Crippen LogP contribution in [0.3, 0.4) is 0 Å². The second-order valence-corrected chi connectivity index (χ2v) is 9.07. The number of alkyl carbamates (subject to hydrolysis) is 1. The van der Waals surface area contributed by atoms with Gasteiger partial charge in [0.25, 0.3) is 0 Å². The average molecular weight is 481 g/mol. The van der Waals surface area contributed by atoms with Gasteiger partial charge in [-0.15, -0.1) is 0 Å². The summed E-state index contributed by atoms with van der Waals surface area (Å²) in [7, 11) is 0. The largest absolute Gasteiger partial charge is 0.481 e. The molecule has 8 heteroatoms. The fourth-order valence-corrected chi connectivity index (χ4v) is 5.06. The molecule has 1 aliphatic carbocycles. The van der Waals surface area contributed by atoms with E-state index in [2.05, 4.69) is 29.6 Å². The van der Waals surface area contributed by atoms with Crippen LogP contribution in [0.4, 0.5) is 4.79 Å². The topological polar surface area (TPSA) is 105 Å². The van der Waals surface area contributed by atoms with Crippen LogP contribution in [0.5, 0.6) is 0 Å². The number of fused-ring (bicyclic) bond motifs is 3. The van der Waals surface area contributed by atoms with Gasteiger partial charge >= 0.3 is 12.1 Å². The Hall–Kier alpha value is -3.39.